The van der Waals surface area contributed by atoms with Crippen LogP contribution in [-0.2, 0) is 37.9 Å². The van der Waals surface area contributed by atoms with Gasteiger partial charge in [0.2, 0.25) is 0 Å². The molecule has 1 N–H and O–H groups in total. The lowest BCUT2D eigenvalue weighted by atomic mass is 9.84. The first-order valence-corrected chi connectivity index (χ1v) is 14.1. The molecule has 0 amide bonds. The Balaban J connectivity index is 0.00000800. The lowest BCUT2D eigenvalue weighted by Crippen LogP contribution is -2.64. The van der Waals surface area contributed by atoms with E-state index >= 15 is 0 Å². The molecule has 240 valence electrons. The number of hydrogen-bond donors (Lipinski definition) is 1. The number of alkyl halides is 3. The molecule has 0 aromatic rings. The van der Waals surface area contributed by atoms with Crippen molar-refractivity contribution in [1.29, 1.82) is 0 Å². The zero-order chi connectivity index (χ0) is 28.1. The summed E-state index contributed by atoms with van der Waals surface area (Å²) in [5, 5.41) is 3.05. The molecule has 0 aromatic carbocycles. The smallest absolute Gasteiger partial charge is 0.382 e. The maximum absolute atomic E-state index is 13.9. The third kappa shape index (κ3) is 15.2. The average molecular weight is 611 g/mol. The summed E-state index contributed by atoms with van der Waals surface area (Å²) in [7, 11) is 1.64. The second-order valence-electron chi connectivity index (χ2n) is 9.50. The normalized spacial score (nSPS) is 18.6. The monoisotopic (exact) mass is 610 g/mol. The van der Waals surface area contributed by atoms with Gasteiger partial charge in [-0.2, -0.15) is 13.2 Å². The van der Waals surface area contributed by atoms with E-state index in [0.29, 0.717) is 132 Å². The van der Waals surface area contributed by atoms with Gasteiger partial charge in [0.05, 0.1) is 98.6 Å². The summed E-state index contributed by atoms with van der Waals surface area (Å²) in [6.45, 7) is 8.58. The van der Waals surface area contributed by atoms with E-state index in [9.17, 15) is 13.2 Å². The fraction of sp³-hybridized carbons (Fsp3) is 1.00. The van der Waals surface area contributed by atoms with Gasteiger partial charge in [0.15, 0.2) is 0 Å². The summed E-state index contributed by atoms with van der Waals surface area (Å²) in [6, 6.07) is 0. The van der Waals surface area contributed by atoms with Gasteiger partial charge < -0.3 is 43.2 Å². The Hall–Kier alpha value is -0.320. The molecule has 0 aromatic heterocycles. The van der Waals surface area contributed by atoms with E-state index in [1.807, 2.05) is 0 Å². The van der Waals surface area contributed by atoms with Crippen LogP contribution in [0.3, 0.4) is 0 Å². The first-order valence-electron chi connectivity index (χ1n) is 14.1. The van der Waals surface area contributed by atoms with Crippen LogP contribution >= 0.6 is 12.4 Å². The largest absolute Gasteiger partial charge is 0.406 e. The van der Waals surface area contributed by atoms with Gasteiger partial charge >= 0.3 is 6.18 Å². The van der Waals surface area contributed by atoms with E-state index in [4.69, 9.17) is 37.9 Å². The fourth-order valence-corrected chi connectivity index (χ4v) is 4.69. The molecule has 2 saturated heterocycles. The standard InChI is InChI=1S/C26H49F3N2O8.ClH/c1-32-10-11-33-12-13-34-14-15-35-16-17-36-18-19-37-20-21-38-22-23-39-24-2-8-31(9-3-24)25(26(27,28)29)4-6-30-7-5-25;/h24,30H,2-23H2,1H3;1H. The fourth-order valence-electron chi connectivity index (χ4n) is 4.69. The van der Waals surface area contributed by atoms with Crippen LogP contribution < -0.4 is 5.32 Å². The van der Waals surface area contributed by atoms with Crippen LogP contribution in [0.1, 0.15) is 25.7 Å². The van der Waals surface area contributed by atoms with E-state index in [1.54, 1.807) is 12.0 Å². The van der Waals surface area contributed by atoms with Crippen LogP contribution in [0, 0.1) is 0 Å². The first-order chi connectivity index (χ1) is 19.0. The molecule has 0 radical (unpaired) electrons. The molecule has 10 nitrogen and oxygen atoms in total. The molecule has 2 aliphatic rings. The molecule has 2 aliphatic heterocycles. The van der Waals surface area contributed by atoms with Crippen molar-refractivity contribution in [3.05, 3.63) is 0 Å². The number of nitrogens with zero attached hydrogens (tertiary/aromatic N) is 1. The number of methoxy groups -OCH3 is 1. The van der Waals surface area contributed by atoms with Crippen LogP contribution in [0.5, 0.6) is 0 Å². The van der Waals surface area contributed by atoms with E-state index in [0.717, 1.165) is 0 Å². The lowest BCUT2D eigenvalue weighted by molar-refractivity contribution is -0.245. The maximum atomic E-state index is 13.9. The minimum absolute atomic E-state index is 0. The molecule has 0 atom stereocenters. The second kappa shape index (κ2) is 23.2. The van der Waals surface area contributed by atoms with Crippen molar-refractivity contribution in [2.75, 3.05) is 126 Å². The number of halogens is 4. The summed E-state index contributed by atoms with van der Waals surface area (Å²) in [4.78, 5) is 1.64. The zero-order valence-electron chi connectivity index (χ0n) is 23.9. The Kier molecular flexibility index (Phi) is 21.8. The maximum Gasteiger partial charge on any atom is 0.406 e. The number of ether oxygens (including phenoxy) is 8. The molecule has 14 heteroatoms. The molecule has 40 heavy (non-hydrogen) atoms. The van der Waals surface area contributed by atoms with Crippen molar-refractivity contribution in [2.45, 2.75) is 43.5 Å². The molecule has 0 unspecified atom stereocenters. The number of piperidine rings is 2. The van der Waals surface area contributed by atoms with E-state index < -0.39 is 11.7 Å². The lowest BCUT2D eigenvalue weighted by Gasteiger charge is -2.49. The van der Waals surface area contributed by atoms with Gasteiger partial charge in [-0.25, -0.2) is 0 Å². The molecule has 0 aliphatic carbocycles. The number of likely N-dealkylation sites (tertiary alicyclic amines) is 1. The number of nitrogens with one attached hydrogen (secondary N) is 1. The van der Waals surface area contributed by atoms with Crippen molar-refractivity contribution in [1.82, 2.24) is 10.2 Å². The summed E-state index contributed by atoms with van der Waals surface area (Å²) < 4.78 is 84.9. The van der Waals surface area contributed by atoms with Crippen molar-refractivity contribution in [3.8, 4) is 0 Å². The molecular weight excluding hydrogens is 561 g/mol. The predicted molar refractivity (Wildman–Crippen MR) is 145 cm³/mol. The van der Waals surface area contributed by atoms with Crippen molar-refractivity contribution in [2.24, 2.45) is 0 Å². The Morgan fingerprint density at radius 1 is 0.650 bits per heavy atom. The van der Waals surface area contributed by atoms with Crippen molar-refractivity contribution < 1.29 is 51.1 Å². The third-order valence-electron chi connectivity index (χ3n) is 6.88. The Morgan fingerprint density at radius 3 is 1.40 bits per heavy atom. The third-order valence-corrected chi connectivity index (χ3v) is 6.88. The Morgan fingerprint density at radius 2 is 1.02 bits per heavy atom. The minimum Gasteiger partial charge on any atom is -0.382 e. The number of rotatable bonds is 23. The molecule has 2 fully saturated rings. The summed E-state index contributed by atoms with van der Waals surface area (Å²) in [5.41, 5.74) is -1.69. The summed E-state index contributed by atoms with van der Waals surface area (Å²) in [6.07, 6.45) is -2.79. The van der Waals surface area contributed by atoms with Gasteiger partial charge in [0.25, 0.3) is 0 Å². The van der Waals surface area contributed by atoms with Gasteiger partial charge in [-0.3, -0.25) is 4.90 Å². The molecule has 0 saturated carbocycles. The molecule has 2 rings (SSSR count). The van der Waals surface area contributed by atoms with Gasteiger partial charge in [-0.05, 0) is 38.8 Å². The highest BCUT2D eigenvalue weighted by Gasteiger charge is 2.58. The molecular formula is C26H50ClF3N2O8. The zero-order valence-corrected chi connectivity index (χ0v) is 24.7. The van der Waals surface area contributed by atoms with Crippen LogP contribution in [-0.4, -0.2) is 149 Å². The second-order valence-corrected chi connectivity index (χ2v) is 9.50. The van der Waals surface area contributed by atoms with Crippen LogP contribution in [0.15, 0.2) is 0 Å². The quantitative estimate of drug-likeness (QED) is 0.174. The Labute approximate surface area is 243 Å². The van der Waals surface area contributed by atoms with Crippen LogP contribution in [0.4, 0.5) is 13.2 Å². The summed E-state index contributed by atoms with van der Waals surface area (Å²) >= 11 is 0. The van der Waals surface area contributed by atoms with Crippen molar-refractivity contribution >= 4 is 12.4 Å². The summed E-state index contributed by atoms with van der Waals surface area (Å²) in [5.74, 6) is 0. The molecule has 0 spiro atoms. The van der Waals surface area contributed by atoms with E-state index in [-0.39, 0.29) is 31.4 Å². The minimum atomic E-state index is -4.21. The highest BCUT2D eigenvalue weighted by Crippen LogP contribution is 2.43. The van der Waals surface area contributed by atoms with E-state index in [2.05, 4.69) is 5.32 Å². The van der Waals surface area contributed by atoms with E-state index in [1.165, 1.54) is 0 Å². The topological polar surface area (TPSA) is 89.1 Å². The highest BCUT2D eigenvalue weighted by atomic mass is 35.5. The highest BCUT2D eigenvalue weighted by molar-refractivity contribution is 5.85. The Bertz CT molecular complexity index is 585. The first kappa shape index (κ1) is 37.7. The molecule has 2 heterocycles. The van der Waals surface area contributed by atoms with Gasteiger partial charge in [-0.15, -0.1) is 12.4 Å². The van der Waals surface area contributed by atoms with Crippen LogP contribution in [0.25, 0.3) is 0 Å². The molecule has 0 bridgehead atoms. The van der Waals surface area contributed by atoms with Gasteiger partial charge in [-0.1, -0.05) is 0 Å². The van der Waals surface area contributed by atoms with Gasteiger partial charge in [0, 0.05) is 20.2 Å². The average Bonchev–Trinajstić information content (AvgIpc) is 2.94. The predicted octanol–water partition coefficient (Wildman–Crippen LogP) is 2.32. The van der Waals surface area contributed by atoms with Crippen LogP contribution in [0.2, 0.25) is 0 Å². The SMILES string of the molecule is COCCOCCOCCOCCOCCOCCOCCOC1CCN(C2(C(F)(F)F)CCNCC2)CC1.Cl. The van der Waals surface area contributed by atoms with Gasteiger partial charge in [0.1, 0.15) is 5.54 Å². The number of hydrogen-bond acceptors (Lipinski definition) is 10. The van der Waals surface area contributed by atoms with Crippen molar-refractivity contribution in [3.63, 3.8) is 0 Å².